The molecule has 126 valence electrons. The number of nitrogens with zero attached hydrogens (tertiary/aromatic N) is 1. The van der Waals surface area contributed by atoms with E-state index in [2.05, 4.69) is 15.3 Å². The lowest BCUT2D eigenvalue weighted by molar-refractivity contribution is 0.631. The molecule has 0 amide bonds. The van der Waals surface area contributed by atoms with Gasteiger partial charge in [0.1, 0.15) is 23.0 Å². The molecule has 0 atom stereocenters. The van der Waals surface area contributed by atoms with Crippen LogP contribution in [0.3, 0.4) is 0 Å². The fourth-order valence-electron chi connectivity index (χ4n) is 2.57. The number of H-pyrrole nitrogens is 1. The second kappa shape index (κ2) is 7.09. The van der Waals surface area contributed by atoms with Crippen molar-refractivity contribution in [1.29, 1.82) is 5.41 Å². The Morgan fingerprint density at radius 2 is 1.92 bits per heavy atom. The van der Waals surface area contributed by atoms with Gasteiger partial charge >= 0.3 is 0 Å². The summed E-state index contributed by atoms with van der Waals surface area (Å²) in [4.78, 5) is 18.8. The summed E-state index contributed by atoms with van der Waals surface area (Å²) in [6.07, 6.45) is 1.05. The molecule has 0 aliphatic carbocycles. The maximum absolute atomic E-state index is 13.8. The van der Waals surface area contributed by atoms with Crippen molar-refractivity contribution in [1.82, 2.24) is 9.97 Å². The number of aryl methyl sites for hydroxylation is 1. The first-order chi connectivity index (χ1) is 12.1. The lowest BCUT2D eigenvalue weighted by atomic mass is 10.0. The van der Waals surface area contributed by atoms with Gasteiger partial charge in [-0.3, -0.25) is 4.79 Å². The molecule has 0 fully saturated rings. The average Bonchev–Trinajstić information content (AvgIpc) is 2.61. The third-order valence-corrected chi connectivity index (χ3v) is 3.81. The fraction of sp³-hybridized carbons (Fsp3) is 0.105. The molecule has 6 heteroatoms. The maximum atomic E-state index is 13.8. The Morgan fingerprint density at radius 1 is 1.20 bits per heavy atom. The number of rotatable bonds is 5. The third kappa shape index (κ3) is 3.63. The van der Waals surface area contributed by atoms with Crippen LogP contribution in [0.1, 0.15) is 17.1 Å². The number of benzene rings is 2. The van der Waals surface area contributed by atoms with Crippen molar-refractivity contribution in [3.8, 4) is 11.1 Å². The minimum Gasteiger partial charge on any atom is -0.375 e. The van der Waals surface area contributed by atoms with E-state index in [-0.39, 0.29) is 17.1 Å². The van der Waals surface area contributed by atoms with Crippen LogP contribution in [0.2, 0.25) is 0 Å². The van der Waals surface area contributed by atoms with Crippen molar-refractivity contribution >= 4 is 11.9 Å². The highest BCUT2D eigenvalue weighted by atomic mass is 19.1. The Balaban J connectivity index is 1.78. The first-order valence-electron chi connectivity index (χ1n) is 7.77. The van der Waals surface area contributed by atoms with Crippen molar-refractivity contribution < 1.29 is 4.39 Å². The van der Waals surface area contributed by atoms with E-state index in [0.717, 1.165) is 17.3 Å². The molecule has 2 aromatic carbocycles. The van der Waals surface area contributed by atoms with Crippen molar-refractivity contribution in [2.45, 2.75) is 13.5 Å². The molecule has 5 nitrogen and oxygen atoms in total. The fourth-order valence-corrected chi connectivity index (χ4v) is 2.57. The van der Waals surface area contributed by atoms with Crippen molar-refractivity contribution in [2.24, 2.45) is 0 Å². The lowest BCUT2D eigenvalue weighted by Crippen LogP contribution is -2.19. The van der Waals surface area contributed by atoms with E-state index in [1.807, 2.05) is 24.3 Å². The Kier molecular flexibility index (Phi) is 4.70. The average molecular weight is 336 g/mol. The number of hydrogen-bond acceptors (Lipinski definition) is 4. The smallest absolute Gasteiger partial charge is 0.274 e. The van der Waals surface area contributed by atoms with Gasteiger partial charge < -0.3 is 15.7 Å². The van der Waals surface area contributed by atoms with E-state index in [0.29, 0.717) is 23.6 Å². The molecule has 3 aromatic rings. The third-order valence-electron chi connectivity index (χ3n) is 3.81. The number of anilines is 1. The van der Waals surface area contributed by atoms with Crippen LogP contribution in [0.5, 0.6) is 0 Å². The molecule has 0 spiro atoms. The Morgan fingerprint density at radius 3 is 2.60 bits per heavy atom. The summed E-state index contributed by atoms with van der Waals surface area (Å²) >= 11 is 0. The summed E-state index contributed by atoms with van der Waals surface area (Å²) in [7, 11) is 0. The summed E-state index contributed by atoms with van der Waals surface area (Å²) in [5.41, 5.74) is 2.51. The van der Waals surface area contributed by atoms with Crippen LogP contribution in [-0.4, -0.2) is 16.2 Å². The number of aromatic amines is 1. The maximum Gasteiger partial charge on any atom is 0.274 e. The molecule has 0 saturated carbocycles. The molecule has 0 unspecified atom stereocenters. The van der Waals surface area contributed by atoms with Gasteiger partial charge in [-0.05, 0) is 24.1 Å². The van der Waals surface area contributed by atoms with Crippen molar-refractivity contribution in [3.05, 3.63) is 81.8 Å². The van der Waals surface area contributed by atoms with Crippen molar-refractivity contribution in [2.75, 3.05) is 5.32 Å². The molecule has 0 saturated heterocycles. The summed E-state index contributed by atoms with van der Waals surface area (Å²) in [5, 5.41) is 10.4. The van der Waals surface area contributed by atoms with E-state index in [9.17, 15) is 9.18 Å². The Labute approximate surface area is 144 Å². The molecule has 3 N–H and O–H groups in total. The molecule has 3 rings (SSSR count). The number of nitrogens with one attached hydrogen (secondary N) is 3. The lowest BCUT2D eigenvalue weighted by Gasteiger charge is -2.09. The molecular weight excluding hydrogens is 319 g/mol. The zero-order valence-electron chi connectivity index (χ0n) is 13.6. The summed E-state index contributed by atoms with van der Waals surface area (Å²) < 4.78 is 13.8. The molecule has 0 aliphatic heterocycles. The quantitative estimate of drug-likeness (QED) is 0.624. The minimum atomic E-state index is -0.311. The minimum absolute atomic E-state index is 0.263. The topological polar surface area (TPSA) is 81.6 Å². The van der Waals surface area contributed by atoms with Gasteiger partial charge in [-0.1, -0.05) is 42.5 Å². The van der Waals surface area contributed by atoms with Crippen molar-refractivity contribution in [3.63, 3.8) is 0 Å². The molecule has 1 aromatic heterocycles. The van der Waals surface area contributed by atoms with Gasteiger partial charge in [-0.25, -0.2) is 9.37 Å². The second-order valence-corrected chi connectivity index (χ2v) is 5.59. The second-order valence-electron chi connectivity index (χ2n) is 5.59. The predicted octanol–water partition coefficient (Wildman–Crippen LogP) is 3.49. The van der Waals surface area contributed by atoms with Gasteiger partial charge in [0, 0.05) is 18.3 Å². The number of aromatic nitrogens is 2. The van der Waals surface area contributed by atoms with Gasteiger partial charge in [0.05, 0.1) is 0 Å². The molecule has 1 heterocycles. The predicted molar refractivity (Wildman–Crippen MR) is 96.6 cm³/mol. The van der Waals surface area contributed by atoms with E-state index < -0.39 is 0 Å². The van der Waals surface area contributed by atoms with Crippen LogP contribution >= 0.6 is 0 Å². The van der Waals surface area contributed by atoms with E-state index in [1.54, 1.807) is 25.1 Å². The highest BCUT2D eigenvalue weighted by Gasteiger charge is 2.08. The van der Waals surface area contributed by atoms with Gasteiger partial charge in [0.15, 0.2) is 0 Å². The van der Waals surface area contributed by atoms with Crippen LogP contribution in [0.15, 0.2) is 53.3 Å². The summed E-state index contributed by atoms with van der Waals surface area (Å²) in [5.74, 6) is 0.199. The van der Waals surface area contributed by atoms with Crippen LogP contribution in [-0.2, 0) is 6.54 Å². The van der Waals surface area contributed by atoms with E-state index in [1.165, 1.54) is 6.07 Å². The summed E-state index contributed by atoms with van der Waals surface area (Å²) in [6, 6.07) is 14.0. The van der Waals surface area contributed by atoms with Crippen LogP contribution < -0.4 is 10.9 Å². The Hall–Kier alpha value is -3.28. The van der Waals surface area contributed by atoms with Gasteiger partial charge in [0.25, 0.3) is 5.56 Å². The standard InChI is InChI=1S/C19H17FN4O/c1-12-23-17(10-21)18(19(25)24-12)22-11-13-6-8-14(9-7-13)15-4-2-3-5-16(15)20/h2-10,21-22H,11H2,1H3,(H,23,24,25). The number of halogens is 1. The number of hydrogen-bond donors (Lipinski definition) is 3. The zero-order valence-corrected chi connectivity index (χ0v) is 13.6. The van der Waals surface area contributed by atoms with Gasteiger partial charge in [-0.2, -0.15) is 0 Å². The molecule has 0 radical (unpaired) electrons. The molecule has 0 bridgehead atoms. The molecule has 25 heavy (non-hydrogen) atoms. The van der Waals surface area contributed by atoms with Crippen LogP contribution in [0, 0.1) is 18.2 Å². The zero-order chi connectivity index (χ0) is 17.8. The Bertz CT molecular complexity index is 964. The largest absolute Gasteiger partial charge is 0.375 e. The summed E-state index contributed by atoms with van der Waals surface area (Å²) in [6.45, 7) is 2.06. The van der Waals surface area contributed by atoms with E-state index in [4.69, 9.17) is 5.41 Å². The van der Waals surface area contributed by atoms with Crippen LogP contribution in [0.25, 0.3) is 11.1 Å². The van der Waals surface area contributed by atoms with Gasteiger partial charge in [0.2, 0.25) is 0 Å². The van der Waals surface area contributed by atoms with Gasteiger partial charge in [-0.15, -0.1) is 0 Å². The van der Waals surface area contributed by atoms with E-state index >= 15 is 0 Å². The first-order valence-corrected chi connectivity index (χ1v) is 7.77. The molecular formula is C19H17FN4O. The van der Waals surface area contributed by atoms with Crippen LogP contribution in [0.4, 0.5) is 10.1 Å². The highest BCUT2D eigenvalue weighted by molar-refractivity contribution is 5.82. The highest BCUT2D eigenvalue weighted by Crippen LogP contribution is 2.23. The first kappa shape index (κ1) is 16.6. The SMILES string of the molecule is Cc1nc(C=N)c(NCc2ccc(-c3ccccc3F)cc2)c(=O)[nH]1. The monoisotopic (exact) mass is 336 g/mol. The normalized spacial score (nSPS) is 10.5. The molecule has 0 aliphatic rings.